The Hall–Kier alpha value is -2.66. The van der Waals surface area contributed by atoms with Crippen LogP contribution in [0.4, 0.5) is 10.1 Å². The van der Waals surface area contributed by atoms with Crippen LogP contribution in [0.2, 0.25) is 0 Å². The van der Waals surface area contributed by atoms with Crippen molar-refractivity contribution < 1.29 is 12.8 Å². The fourth-order valence-electron chi connectivity index (χ4n) is 2.64. The molecule has 0 radical (unpaired) electrons. The molecule has 0 aromatic heterocycles. The summed E-state index contributed by atoms with van der Waals surface area (Å²) in [5.74, 6) is -0.476. The second kappa shape index (κ2) is 7.30. The maximum atomic E-state index is 13.7. The molecular formula is C21H20FNO2S. The van der Waals surface area contributed by atoms with Crippen molar-refractivity contribution in [3.8, 4) is 0 Å². The standard InChI is InChI=1S/C21H20FNO2S/c1-16-6-10-18(11-7-16)15-23(20-5-3-4-19(22)14-20)26(24,25)21-12-8-17(2)9-13-21/h3-14H,15H2,1-2H3. The van der Waals surface area contributed by atoms with E-state index in [-0.39, 0.29) is 11.4 Å². The van der Waals surface area contributed by atoms with Crippen molar-refractivity contribution in [2.24, 2.45) is 0 Å². The average molecular weight is 369 g/mol. The van der Waals surface area contributed by atoms with Gasteiger partial charge >= 0.3 is 0 Å². The van der Waals surface area contributed by atoms with E-state index < -0.39 is 15.8 Å². The molecule has 0 saturated carbocycles. The molecule has 0 amide bonds. The zero-order valence-corrected chi connectivity index (χ0v) is 15.5. The molecule has 0 aliphatic carbocycles. The first-order valence-corrected chi connectivity index (χ1v) is 9.71. The molecule has 3 aromatic carbocycles. The Morgan fingerprint density at radius 2 is 1.42 bits per heavy atom. The quantitative estimate of drug-likeness (QED) is 0.645. The van der Waals surface area contributed by atoms with Gasteiger partial charge in [0.25, 0.3) is 10.0 Å². The Balaban J connectivity index is 2.07. The summed E-state index contributed by atoms with van der Waals surface area (Å²) in [4.78, 5) is 0.180. The maximum Gasteiger partial charge on any atom is 0.264 e. The van der Waals surface area contributed by atoms with E-state index in [1.807, 2.05) is 38.1 Å². The van der Waals surface area contributed by atoms with E-state index in [0.29, 0.717) is 5.69 Å². The van der Waals surface area contributed by atoms with Crippen LogP contribution in [0.5, 0.6) is 0 Å². The van der Waals surface area contributed by atoms with Gasteiger partial charge in [-0.1, -0.05) is 53.6 Å². The summed E-state index contributed by atoms with van der Waals surface area (Å²) < 4.78 is 41.4. The van der Waals surface area contributed by atoms with Gasteiger partial charge in [-0.05, 0) is 49.7 Å². The SMILES string of the molecule is Cc1ccc(CN(c2cccc(F)c2)S(=O)(=O)c2ccc(C)cc2)cc1. The minimum absolute atomic E-state index is 0.125. The summed E-state index contributed by atoms with van der Waals surface area (Å²) in [5, 5.41) is 0. The third-order valence-corrected chi connectivity index (χ3v) is 5.94. The van der Waals surface area contributed by atoms with Crippen LogP contribution >= 0.6 is 0 Å². The van der Waals surface area contributed by atoms with Crippen LogP contribution in [0.3, 0.4) is 0 Å². The molecule has 0 heterocycles. The summed E-state index contributed by atoms with van der Waals surface area (Å²) in [6.07, 6.45) is 0. The highest BCUT2D eigenvalue weighted by Gasteiger charge is 2.25. The second-order valence-electron chi connectivity index (χ2n) is 6.29. The number of benzene rings is 3. The molecule has 0 aliphatic heterocycles. The monoisotopic (exact) mass is 369 g/mol. The summed E-state index contributed by atoms with van der Waals surface area (Å²) >= 11 is 0. The van der Waals surface area contributed by atoms with Gasteiger partial charge in [0.1, 0.15) is 5.82 Å². The highest BCUT2D eigenvalue weighted by atomic mass is 32.2. The minimum Gasteiger partial charge on any atom is -0.262 e. The van der Waals surface area contributed by atoms with Crippen molar-refractivity contribution in [1.29, 1.82) is 0 Å². The van der Waals surface area contributed by atoms with Crippen LogP contribution in [-0.2, 0) is 16.6 Å². The lowest BCUT2D eigenvalue weighted by atomic mass is 10.1. The van der Waals surface area contributed by atoms with Crippen LogP contribution in [0, 0.1) is 19.7 Å². The van der Waals surface area contributed by atoms with E-state index in [1.165, 1.54) is 22.5 Å². The van der Waals surface area contributed by atoms with Gasteiger partial charge in [0.05, 0.1) is 17.1 Å². The van der Waals surface area contributed by atoms with Gasteiger partial charge in [-0.25, -0.2) is 12.8 Å². The predicted molar refractivity (Wildman–Crippen MR) is 102 cm³/mol. The van der Waals surface area contributed by atoms with Crippen LogP contribution in [0.25, 0.3) is 0 Å². The van der Waals surface area contributed by atoms with E-state index in [0.717, 1.165) is 16.7 Å². The Bertz CT molecular complexity index is 997. The molecule has 0 bridgehead atoms. The molecule has 0 spiro atoms. The molecule has 134 valence electrons. The van der Waals surface area contributed by atoms with E-state index in [2.05, 4.69) is 0 Å². The lowest BCUT2D eigenvalue weighted by Crippen LogP contribution is -2.30. The average Bonchev–Trinajstić information content (AvgIpc) is 2.61. The van der Waals surface area contributed by atoms with Gasteiger partial charge < -0.3 is 0 Å². The van der Waals surface area contributed by atoms with E-state index in [4.69, 9.17) is 0 Å². The molecular weight excluding hydrogens is 349 g/mol. The molecule has 0 aliphatic rings. The molecule has 0 fully saturated rings. The largest absolute Gasteiger partial charge is 0.264 e. The zero-order chi connectivity index (χ0) is 18.7. The number of aryl methyl sites for hydroxylation is 2. The molecule has 3 rings (SSSR count). The van der Waals surface area contributed by atoms with Crippen molar-refractivity contribution in [3.05, 3.63) is 95.3 Å². The zero-order valence-electron chi connectivity index (χ0n) is 14.7. The summed E-state index contributed by atoms with van der Waals surface area (Å²) in [5.41, 5.74) is 3.19. The molecule has 0 saturated heterocycles. The van der Waals surface area contributed by atoms with E-state index in [1.54, 1.807) is 30.3 Å². The third-order valence-electron chi connectivity index (χ3n) is 4.15. The number of halogens is 1. The predicted octanol–water partition coefficient (Wildman–Crippen LogP) is 4.84. The smallest absolute Gasteiger partial charge is 0.262 e. The maximum absolute atomic E-state index is 13.7. The first kappa shape index (κ1) is 18.1. The van der Waals surface area contributed by atoms with Gasteiger partial charge in [-0.3, -0.25) is 4.31 Å². The number of sulfonamides is 1. The number of anilines is 1. The van der Waals surface area contributed by atoms with Gasteiger partial charge in [0, 0.05) is 0 Å². The Morgan fingerprint density at radius 3 is 2.00 bits per heavy atom. The molecule has 26 heavy (non-hydrogen) atoms. The lowest BCUT2D eigenvalue weighted by Gasteiger charge is -2.25. The normalized spacial score (nSPS) is 11.3. The number of hydrogen-bond acceptors (Lipinski definition) is 2. The van der Waals surface area contributed by atoms with Gasteiger partial charge in [0.2, 0.25) is 0 Å². The summed E-state index contributed by atoms with van der Waals surface area (Å²) in [6.45, 7) is 3.99. The second-order valence-corrected chi connectivity index (χ2v) is 8.15. The number of rotatable bonds is 5. The Kier molecular flexibility index (Phi) is 5.09. The lowest BCUT2D eigenvalue weighted by molar-refractivity contribution is 0.590. The van der Waals surface area contributed by atoms with Gasteiger partial charge in [-0.2, -0.15) is 0 Å². The first-order valence-electron chi connectivity index (χ1n) is 8.27. The molecule has 3 nitrogen and oxygen atoms in total. The topological polar surface area (TPSA) is 37.4 Å². The molecule has 3 aromatic rings. The van der Waals surface area contributed by atoms with Crippen molar-refractivity contribution in [1.82, 2.24) is 0 Å². The Morgan fingerprint density at radius 1 is 0.846 bits per heavy atom. The van der Waals surface area contributed by atoms with Crippen LogP contribution in [0.1, 0.15) is 16.7 Å². The molecule has 0 N–H and O–H groups in total. The van der Waals surface area contributed by atoms with E-state index in [9.17, 15) is 12.8 Å². The fraction of sp³-hybridized carbons (Fsp3) is 0.143. The highest BCUT2D eigenvalue weighted by molar-refractivity contribution is 7.92. The van der Waals surface area contributed by atoms with Gasteiger partial charge in [0.15, 0.2) is 0 Å². The molecule has 0 atom stereocenters. The van der Waals surface area contributed by atoms with E-state index >= 15 is 0 Å². The molecule has 0 unspecified atom stereocenters. The first-order chi connectivity index (χ1) is 12.4. The van der Waals surface area contributed by atoms with Crippen molar-refractivity contribution in [2.45, 2.75) is 25.3 Å². The summed E-state index contributed by atoms with van der Waals surface area (Å²) in [6, 6.07) is 19.9. The minimum atomic E-state index is -3.83. The van der Waals surface area contributed by atoms with Gasteiger partial charge in [-0.15, -0.1) is 0 Å². The summed E-state index contributed by atoms with van der Waals surface area (Å²) in [7, 11) is -3.83. The van der Waals surface area contributed by atoms with Crippen LogP contribution < -0.4 is 4.31 Å². The third kappa shape index (κ3) is 3.94. The van der Waals surface area contributed by atoms with Crippen LogP contribution in [-0.4, -0.2) is 8.42 Å². The number of nitrogens with zero attached hydrogens (tertiary/aromatic N) is 1. The fourth-order valence-corrected chi connectivity index (χ4v) is 4.09. The van der Waals surface area contributed by atoms with Crippen LogP contribution in [0.15, 0.2) is 77.7 Å². The van der Waals surface area contributed by atoms with Crippen molar-refractivity contribution in [3.63, 3.8) is 0 Å². The van der Waals surface area contributed by atoms with Crippen molar-refractivity contribution in [2.75, 3.05) is 4.31 Å². The van der Waals surface area contributed by atoms with Crippen molar-refractivity contribution >= 4 is 15.7 Å². The highest BCUT2D eigenvalue weighted by Crippen LogP contribution is 2.27. The number of hydrogen-bond donors (Lipinski definition) is 0. The Labute approximate surface area is 153 Å². The molecule has 5 heteroatoms.